The van der Waals surface area contributed by atoms with Crippen molar-refractivity contribution in [3.8, 4) is 5.75 Å². The van der Waals surface area contributed by atoms with Crippen LogP contribution in [0.3, 0.4) is 0 Å². The van der Waals surface area contributed by atoms with E-state index in [0.717, 1.165) is 24.9 Å². The topological polar surface area (TPSA) is 99.6 Å². The summed E-state index contributed by atoms with van der Waals surface area (Å²) >= 11 is 5.96. The molecule has 11 heteroatoms. The fourth-order valence-electron chi connectivity index (χ4n) is 4.79. The Kier molecular flexibility index (Phi) is 11.9. The first kappa shape index (κ1) is 33.1. The van der Waals surface area contributed by atoms with E-state index in [1.807, 2.05) is 51.0 Å². The van der Waals surface area contributed by atoms with Crippen molar-refractivity contribution in [2.75, 3.05) is 52.3 Å². The summed E-state index contributed by atoms with van der Waals surface area (Å²) in [5.41, 5.74) is 1.28. The van der Waals surface area contributed by atoms with Gasteiger partial charge in [0.05, 0.1) is 35.3 Å². The fraction of sp³-hybridized carbons (Fsp3) is 0.567. The van der Waals surface area contributed by atoms with E-state index in [1.54, 1.807) is 24.0 Å². The highest BCUT2D eigenvalue weighted by Crippen LogP contribution is 2.29. The minimum atomic E-state index is -3.79. The minimum absolute atomic E-state index is 0.0997. The van der Waals surface area contributed by atoms with Crippen molar-refractivity contribution in [2.45, 2.75) is 63.2 Å². The number of carbonyl (C=O) groups is 1. The molecule has 9 nitrogen and oxygen atoms in total. The second-order valence-electron chi connectivity index (χ2n) is 11.1. The van der Waals surface area contributed by atoms with E-state index >= 15 is 0 Å². The molecule has 0 aromatic heterocycles. The lowest BCUT2D eigenvalue weighted by Crippen LogP contribution is -2.48. The zero-order chi connectivity index (χ0) is 30.3. The Balaban J connectivity index is 1.96. The Hall–Kier alpha value is -2.37. The maximum atomic E-state index is 14.1. The number of aliphatic hydroxyl groups is 1. The van der Waals surface area contributed by atoms with Gasteiger partial charge >= 0.3 is 0 Å². The van der Waals surface area contributed by atoms with Gasteiger partial charge in [0, 0.05) is 57.5 Å². The van der Waals surface area contributed by atoms with E-state index in [4.69, 9.17) is 21.1 Å². The Morgan fingerprint density at radius 1 is 1.10 bits per heavy atom. The van der Waals surface area contributed by atoms with E-state index in [0.29, 0.717) is 22.9 Å². The van der Waals surface area contributed by atoms with Gasteiger partial charge in [-0.05, 0) is 75.6 Å². The first-order valence-corrected chi connectivity index (χ1v) is 15.9. The standard InChI is InChI=1S/C30H44ClN3O6S/c1-21-18-34(22(2)20-35)30(36)27-17-25(32(4)5)12-15-28(27)40-23(3)9-7-8-16-39-29(21)19-33(6)41(37,38)26-13-10-24(31)11-14-26/h10-15,17,21-23,29,35H,7-9,16,18-20H2,1-6H3/t21-,22+,23-,29-/m1/s1. The van der Waals surface area contributed by atoms with Gasteiger partial charge in [0.1, 0.15) is 5.75 Å². The average Bonchev–Trinajstić information content (AvgIpc) is 2.93. The maximum absolute atomic E-state index is 14.1. The van der Waals surface area contributed by atoms with Crippen LogP contribution in [0.1, 0.15) is 50.4 Å². The summed E-state index contributed by atoms with van der Waals surface area (Å²) in [6, 6.07) is 11.2. The van der Waals surface area contributed by atoms with E-state index in [2.05, 4.69) is 0 Å². The molecule has 1 amide bonds. The zero-order valence-corrected chi connectivity index (χ0v) is 26.5. The van der Waals surface area contributed by atoms with E-state index < -0.39 is 22.2 Å². The number of hydrogen-bond donors (Lipinski definition) is 1. The number of amides is 1. The number of halogens is 1. The molecule has 228 valence electrons. The van der Waals surface area contributed by atoms with Crippen molar-refractivity contribution in [1.82, 2.24) is 9.21 Å². The Morgan fingerprint density at radius 2 is 1.78 bits per heavy atom. The second-order valence-corrected chi connectivity index (χ2v) is 13.6. The molecule has 41 heavy (non-hydrogen) atoms. The van der Waals surface area contributed by atoms with Crippen molar-refractivity contribution >= 4 is 33.2 Å². The third-order valence-electron chi connectivity index (χ3n) is 7.51. The average molecular weight is 610 g/mol. The molecular weight excluding hydrogens is 566 g/mol. The van der Waals surface area contributed by atoms with Crippen LogP contribution in [0.25, 0.3) is 0 Å². The maximum Gasteiger partial charge on any atom is 0.258 e. The SMILES string of the molecule is C[C@@H]1CCCCO[C@H](CN(C)S(=O)(=O)c2ccc(Cl)cc2)[C@H](C)CN([C@@H](C)CO)C(=O)c2cc(N(C)C)ccc2O1. The van der Waals surface area contributed by atoms with Gasteiger partial charge in [0.15, 0.2) is 0 Å². The molecule has 3 rings (SSSR count). The van der Waals surface area contributed by atoms with Crippen LogP contribution in [-0.2, 0) is 14.8 Å². The molecular formula is C30H44ClN3O6S. The van der Waals surface area contributed by atoms with Gasteiger partial charge < -0.3 is 24.4 Å². The predicted octanol–water partition coefficient (Wildman–Crippen LogP) is 4.52. The van der Waals surface area contributed by atoms with Gasteiger partial charge in [-0.15, -0.1) is 0 Å². The molecule has 0 unspecified atom stereocenters. The van der Waals surface area contributed by atoms with Crippen molar-refractivity contribution in [1.29, 1.82) is 0 Å². The summed E-state index contributed by atoms with van der Waals surface area (Å²) in [5.74, 6) is -0.00382. The highest BCUT2D eigenvalue weighted by atomic mass is 35.5. The Morgan fingerprint density at radius 3 is 2.41 bits per heavy atom. The van der Waals surface area contributed by atoms with Crippen LogP contribution in [-0.4, -0.2) is 94.3 Å². The lowest BCUT2D eigenvalue weighted by atomic mass is 10.0. The van der Waals surface area contributed by atoms with Gasteiger partial charge in [-0.25, -0.2) is 8.42 Å². The molecule has 0 saturated carbocycles. The minimum Gasteiger partial charge on any atom is -0.490 e. The third kappa shape index (κ3) is 8.58. The number of nitrogens with zero attached hydrogens (tertiary/aromatic N) is 3. The van der Waals surface area contributed by atoms with Crippen LogP contribution < -0.4 is 9.64 Å². The van der Waals surface area contributed by atoms with E-state index in [-0.39, 0.29) is 42.5 Å². The summed E-state index contributed by atoms with van der Waals surface area (Å²) in [5, 5.41) is 10.6. The number of ether oxygens (including phenoxy) is 2. The molecule has 1 aliphatic heterocycles. The number of anilines is 1. The van der Waals surface area contributed by atoms with Gasteiger partial charge in [-0.1, -0.05) is 18.5 Å². The number of rotatable bonds is 7. The lowest BCUT2D eigenvalue weighted by Gasteiger charge is -2.35. The van der Waals surface area contributed by atoms with Crippen molar-refractivity contribution in [2.24, 2.45) is 5.92 Å². The summed E-state index contributed by atoms with van der Waals surface area (Å²) in [6.45, 7) is 6.29. The second kappa shape index (κ2) is 14.7. The summed E-state index contributed by atoms with van der Waals surface area (Å²) < 4.78 is 40.5. The van der Waals surface area contributed by atoms with Crippen LogP contribution in [0.5, 0.6) is 5.75 Å². The highest BCUT2D eigenvalue weighted by Gasteiger charge is 2.32. The normalized spacial score (nSPS) is 22.0. The lowest BCUT2D eigenvalue weighted by molar-refractivity contribution is -0.00833. The van der Waals surface area contributed by atoms with Crippen molar-refractivity contribution < 1.29 is 27.8 Å². The number of carbonyl (C=O) groups excluding carboxylic acids is 1. The van der Waals surface area contributed by atoms with Crippen LogP contribution in [0.4, 0.5) is 5.69 Å². The fourth-order valence-corrected chi connectivity index (χ4v) is 6.10. The van der Waals surface area contributed by atoms with Gasteiger partial charge in [0.25, 0.3) is 5.91 Å². The van der Waals surface area contributed by atoms with Crippen LogP contribution in [0.15, 0.2) is 47.4 Å². The predicted molar refractivity (Wildman–Crippen MR) is 162 cm³/mol. The molecule has 0 bridgehead atoms. The van der Waals surface area contributed by atoms with Crippen LogP contribution in [0.2, 0.25) is 5.02 Å². The Labute approximate surface area is 250 Å². The zero-order valence-electron chi connectivity index (χ0n) is 24.9. The first-order valence-electron chi connectivity index (χ1n) is 14.1. The third-order valence-corrected chi connectivity index (χ3v) is 9.60. The van der Waals surface area contributed by atoms with Crippen LogP contribution in [0, 0.1) is 5.92 Å². The van der Waals surface area contributed by atoms with Gasteiger partial charge in [-0.3, -0.25) is 4.79 Å². The largest absolute Gasteiger partial charge is 0.490 e. The van der Waals surface area contributed by atoms with Crippen LogP contribution >= 0.6 is 11.6 Å². The van der Waals surface area contributed by atoms with E-state index in [9.17, 15) is 18.3 Å². The molecule has 2 aromatic rings. The quantitative estimate of drug-likeness (QED) is 0.493. The molecule has 1 N–H and O–H groups in total. The summed E-state index contributed by atoms with van der Waals surface area (Å²) in [7, 11) is 1.55. The number of sulfonamides is 1. The number of benzene rings is 2. The number of likely N-dealkylation sites (N-methyl/N-ethyl adjacent to an activating group) is 1. The van der Waals surface area contributed by atoms with Crippen molar-refractivity contribution in [3.63, 3.8) is 0 Å². The van der Waals surface area contributed by atoms with Gasteiger partial charge in [0.2, 0.25) is 10.0 Å². The molecule has 0 saturated heterocycles. The molecule has 0 fully saturated rings. The van der Waals surface area contributed by atoms with Gasteiger partial charge in [-0.2, -0.15) is 4.31 Å². The molecule has 1 heterocycles. The monoisotopic (exact) mass is 609 g/mol. The number of hydrogen-bond acceptors (Lipinski definition) is 7. The summed E-state index contributed by atoms with van der Waals surface area (Å²) in [4.78, 5) is 17.8. The van der Waals surface area contributed by atoms with Crippen molar-refractivity contribution in [3.05, 3.63) is 53.1 Å². The highest BCUT2D eigenvalue weighted by molar-refractivity contribution is 7.89. The number of fused-ring (bicyclic) bond motifs is 1. The molecule has 2 aromatic carbocycles. The molecule has 0 radical (unpaired) electrons. The molecule has 0 spiro atoms. The van der Waals surface area contributed by atoms with E-state index in [1.165, 1.54) is 23.5 Å². The smallest absolute Gasteiger partial charge is 0.258 e. The molecule has 1 aliphatic rings. The number of aliphatic hydroxyl groups excluding tert-OH is 1. The summed E-state index contributed by atoms with van der Waals surface area (Å²) in [6.07, 6.45) is 1.80. The first-order chi connectivity index (χ1) is 19.3. The molecule has 0 aliphatic carbocycles. The Bertz CT molecular complexity index is 1260. The molecule has 4 atom stereocenters.